The van der Waals surface area contributed by atoms with Crippen LogP contribution >= 0.6 is 0 Å². The van der Waals surface area contributed by atoms with Crippen LogP contribution in [0.2, 0.25) is 0 Å². The van der Waals surface area contributed by atoms with Crippen molar-refractivity contribution in [3.8, 4) is 0 Å². The Labute approximate surface area is 118 Å². The zero-order valence-corrected chi connectivity index (χ0v) is 12.4. The molecule has 108 valence electrons. The van der Waals surface area contributed by atoms with Crippen molar-refractivity contribution in [2.45, 2.75) is 33.7 Å². The third kappa shape index (κ3) is 3.04. The van der Waals surface area contributed by atoms with Crippen molar-refractivity contribution < 1.29 is 0 Å². The molecule has 20 heavy (non-hydrogen) atoms. The van der Waals surface area contributed by atoms with Gasteiger partial charge in [-0.2, -0.15) is 0 Å². The Morgan fingerprint density at radius 2 is 1.85 bits per heavy atom. The monoisotopic (exact) mass is 275 g/mol. The summed E-state index contributed by atoms with van der Waals surface area (Å²) in [5.41, 5.74) is 1.02. The molecule has 0 aliphatic rings. The molecule has 0 spiro atoms. The molecule has 2 N–H and O–H groups in total. The second-order valence-corrected chi connectivity index (χ2v) is 4.56. The molecule has 0 aliphatic carbocycles. The van der Waals surface area contributed by atoms with Crippen LogP contribution in [0.15, 0.2) is 6.33 Å². The third-order valence-electron chi connectivity index (χ3n) is 3.07. The first-order chi connectivity index (χ1) is 9.65. The van der Waals surface area contributed by atoms with Crippen molar-refractivity contribution >= 4 is 11.6 Å². The largest absolute Gasteiger partial charge is 0.370 e. The normalized spacial score (nSPS) is 10.6. The molecule has 2 aromatic rings. The number of nitrogens with one attached hydrogen (secondary N) is 2. The first kappa shape index (κ1) is 14.2. The minimum atomic E-state index is 0.586. The number of nitrogens with zero attached hydrogens (tertiary/aromatic N) is 5. The quantitative estimate of drug-likeness (QED) is 0.832. The first-order valence-electron chi connectivity index (χ1n) is 6.83. The summed E-state index contributed by atoms with van der Waals surface area (Å²) in [7, 11) is 1.92. The maximum atomic E-state index is 4.54. The lowest BCUT2D eigenvalue weighted by atomic mass is 10.3. The molecule has 0 amide bonds. The minimum Gasteiger partial charge on any atom is -0.370 e. The highest BCUT2D eigenvalue weighted by Gasteiger charge is 2.10. The van der Waals surface area contributed by atoms with Gasteiger partial charge in [-0.15, -0.1) is 10.2 Å². The summed E-state index contributed by atoms with van der Waals surface area (Å²) in [4.78, 5) is 9.05. The van der Waals surface area contributed by atoms with E-state index in [0.717, 1.165) is 41.8 Å². The molecule has 0 saturated heterocycles. The van der Waals surface area contributed by atoms with Crippen LogP contribution in [0.1, 0.15) is 31.1 Å². The fourth-order valence-electron chi connectivity index (χ4n) is 1.86. The Morgan fingerprint density at radius 1 is 1.15 bits per heavy atom. The van der Waals surface area contributed by atoms with Crippen LogP contribution in [-0.2, 0) is 20.0 Å². The highest BCUT2D eigenvalue weighted by molar-refractivity contribution is 5.57. The summed E-state index contributed by atoms with van der Waals surface area (Å²) in [5.74, 6) is 3.42. The molecule has 0 aliphatic heterocycles. The zero-order valence-electron chi connectivity index (χ0n) is 12.4. The van der Waals surface area contributed by atoms with Crippen LogP contribution in [0.25, 0.3) is 0 Å². The van der Waals surface area contributed by atoms with Crippen molar-refractivity contribution in [1.82, 2.24) is 24.7 Å². The molecule has 2 rings (SSSR count). The van der Waals surface area contributed by atoms with Crippen LogP contribution in [0.3, 0.4) is 0 Å². The Kier molecular flexibility index (Phi) is 4.49. The highest BCUT2D eigenvalue weighted by Crippen LogP contribution is 2.20. The molecule has 0 saturated carbocycles. The fourth-order valence-corrected chi connectivity index (χ4v) is 1.86. The summed E-state index contributed by atoms with van der Waals surface area (Å²) in [6.07, 6.45) is 2.49. The van der Waals surface area contributed by atoms with E-state index in [4.69, 9.17) is 0 Å². The number of anilines is 2. The van der Waals surface area contributed by atoms with E-state index >= 15 is 0 Å². The van der Waals surface area contributed by atoms with Gasteiger partial charge in [0.25, 0.3) is 0 Å². The van der Waals surface area contributed by atoms with Gasteiger partial charge in [0.2, 0.25) is 0 Å². The number of hydrogen-bond donors (Lipinski definition) is 2. The predicted molar refractivity (Wildman–Crippen MR) is 78.6 cm³/mol. The van der Waals surface area contributed by atoms with Crippen molar-refractivity contribution in [3.63, 3.8) is 0 Å². The van der Waals surface area contributed by atoms with Gasteiger partial charge in [-0.05, 0) is 13.8 Å². The number of hydrogen-bond acceptors (Lipinski definition) is 6. The first-order valence-corrected chi connectivity index (χ1v) is 6.83. The zero-order chi connectivity index (χ0) is 14.5. The maximum Gasteiger partial charge on any atom is 0.151 e. The number of aryl methyl sites for hydroxylation is 2. The van der Waals surface area contributed by atoms with Crippen LogP contribution in [0.5, 0.6) is 0 Å². The average molecular weight is 275 g/mol. The predicted octanol–water partition coefficient (Wildman–Crippen LogP) is 1.52. The van der Waals surface area contributed by atoms with E-state index in [1.807, 2.05) is 25.5 Å². The van der Waals surface area contributed by atoms with E-state index < -0.39 is 0 Å². The van der Waals surface area contributed by atoms with Crippen molar-refractivity contribution in [1.29, 1.82) is 0 Å². The molecule has 2 heterocycles. The lowest BCUT2D eigenvalue weighted by molar-refractivity contribution is 0.806. The van der Waals surface area contributed by atoms with Gasteiger partial charge in [0.1, 0.15) is 23.8 Å². The number of aromatic nitrogens is 5. The summed E-state index contributed by atoms with van der Waals surface area (Å²) >= 11 is 0. The van der Waals surface area contributed by atoms with Gasteiger partial charge in [0, 0.05) is 25.6 Å². The van der Waals surface area contributed by atoms with E-state index in [1.54, 1.807) is 6.33 Å². The van der Waals surface area contributed by atoms with E-state index in [1.165, 1.54) is 0 Å². The van der Waals surface area contributed by atoms with Gasteiger partial charge in [-0.25, -0.2) is 9.97 Å². The van der Waals surface area contributed by atoms with Crippen LogP contribution < -0.4 is 10.6 Å². The van der Waals surface area contributed by atoms with Gasteiger partial charge in [0.15, 0.2) is 5.82 Å². The fraction of sp³-hybridized carbons (Fsp3) is 0.538. The van der Waals surface area contributed by atoms with Crippen LogP contribution in [0.4, 0.5) is 11.6 Å². The van der Waals surface area contributed by atoms with Gasteiger partial charge in [0.05, 0.1) is 6.54 Å². The van der Waals surface area contributed by atoms with Crippen molar-refractivity contribution in [2.24, 2.45) is 7.05 Å². The molecule has 2 aromatic heterocycles. The molecule has 0 unspecified atom stereocenters. The summed E-state index contributed by atoms with van der Waals surface area (Å²) in [5, 5.41) is 14.5. The van der Waals surface area contributed by atoms with E-state index in [-0.39, 0.29) is 0 Å². The molecule has 0 fully saturated rings. The van der Waals surface area contributed by atoms with Crippen molar-refractivity contribution in [3.05, 3.63) is 23.5 Å². The van der Waals surface area contributed by atoms with Gasteiger partial charge in [-0.3, -0.25) is 0 Å². The van der Waals surface area contributed by atoms with E-state index in [2.05, 4.69) is 37.7 Å². The number of rotatable bonds is 6. The molecule has 7 heteroatoms. The summed E-state index contributed by atoms with van der Waals surface area (Å²) in [6.45, 7) is 7.54. The van der Waals surface area contributed by atoms with Gasteiger partial charge >= 0.3 is 0 Å². The lowest BCUT2D eigenvalue weighted by Crippen LogP contribution is -2.12. The van der Waals surface area contributed by atoms with Crippen molar-refractivity contribution in [2.75, 3.05) is 17.2 Å². The average Bonchev–Trinajstić information content (AvgIpc) is 2.85. The second-order valence-electron chi connectivity index (χ2n) is 4.56. The van der Waals surface area contributed by atoms with Gasteiger partial charge in [-0.1, -0.05) is 6.92 Å². The van der Waals surface area contributed by atoms with Gasteiger partial charge < -0.3 is 15.2 Å². The Balaban J connectivity index is 2.21. The maximum absolute atomic E-state index is 4.54. The highest BCUT2D eigenvalue weighted by atomic mass is 15.3. The van der Waals surface area contributed by atoms with Crippen LogP contribution in [-0.4, -0.2) is 31.3 Å². The molecular weight excluding hydrogens is 254 g/mol. The van der Waals surface area contributed by atoms with E-state index in [9.17, 15) is 0 Å². The summed E-state index contributed by atoms with van der Waals surface area (Å²) in [6, 6.07) is 0. The Hall–Kier alpha value is -2.18. The smallest absolute Gasteiger partial charge is 0.151 e. The Morgan fingerprint density at radius 3 is 2.40 bits per heavy atom. The molecule has 0 bridgehead atoms. The summed E-state index contributed by atoms with van der Waals surface area (Å²) < 4.78 is 1.88. The second kappa shape index (κ2) is 6.31. The molecule has 7 nitrogen and oxygen atoms in total. The standard InChI is InChI=1S/C13H21N7/c1-5-10-17-12(14-6-2)9(3)13(18-10)15-7-11-19-16-8-20(11)4/h8H,5-7H2,1-4H3,(H2,14,15,17,18). The topological polar surface area (TPSA) is 80.6 Å². The third-order valence-corrected chi connectivity index (χ3v) is 3.07. The molecule has 0 aromatic carbocycles. The molecule has 0 radical (unpaired) electrons. The lowest BCUT2D eigenvalue weighted by Gasteiger charge is -2.14. The molecule has 0 atom stereocenters. The SMILES string of the molecule is CCNc1nc(CC)nc(NCc2nncn2C)c1C. The Bertz CT molecular complexity index is 576. The van der Waals surface area contributed by atoms with Crippen LogP contribution in [0, 0.1) is 6.92 Å². The van der Waals surface area contributed by atoms with E-state index in [0.29, 0.717) is 6.54 Å². The molecular formula is C13H21N7. The minimum absolute atomic E-state index is 0.586.